The zero-order valence-electron chi connectivity index (χ0n) is 11.2. The highest BCUT2D eigenvalue weighted by atomic mass is 14.9. The Morgan fingerprint density at radius 2 is 1.47 bits per heavy atom. The Labute approximate surface area is 105 Å². The van der Waals surface area contributed by atoms with E-state index < -0.39 is 0 Å². The van der Waals surface area contributed by atoms with Gasteiger partial charge in [0.05, 0.1) is 0 Å². The Morgan fingerprint density at radius 3 is 1.94 bits per heavy atom. The van der Waals surface area contributed by atoms with Gasteiger partial charge in [0.15, 0.2) is 0 Å². The Morgan fingerprint density at radius 1 is 0.941 bits per heavy atom. The number of aromatic nitrogens is 2. The van der Waals surface area contributed by atoms with E-state index in [0.717, 1.165) is 0 Å². The number of H-pyrrole nitrogens is 1. The minimum absolute atomic E-state index is 0.286. The minimum atomic E-state index is 0.286. The van der Waals surface area contributed by atoms with Crippen LogP contribution in [0.25, 0.3) is 0 Å². The van der Waals surface area contributed by atoms with Gasteiger partial charge in [-0.2, -0.15) is 0 Å². The van der Waals surface area contributed by atoms with E-state index in [-0.39, 0.29) is 5.41 Å². The molecule has 0 unspecified atom stereocenters. The first-order valence-electron chi connectivity index (χ1n) is 7.31. The second-order valence-electron chi connectivity index (χ2n) is 5.83. The molecule has 1 aromatic rings. The number of hydrogen-bond acceptors (Lipinski definition) is 1. The molecule has 1 aromatic heterocycles. The number of hydrogen-bond donors (Lipinski definition) is 1. The van der Waals surface area contributed by atoms with Crippen LogP contribution in [0.1, 0.15) is 77.0 Å². The first-order chi connectivity index (χ1) is 8.31. The Bertz CT molecular complexity index is 291. The lowest BCUT2D eigenvalue weighted by molar-refractivity contribution is 0.353. The Balaban J connectivity index is 2.01. The van der Waals surface area contributed by atoms with Crippen molar-refractivity contribution >= 4 is 0 Å². The number of nitrogens with one attached hydrogen (secondary N) is 1. The molecule has 2 rings (SSSR count). The molecule has 17 heavy (non-hydrogen) atoms. The summed E-state index contributed by atoms with van der Waals surface area (Å²) in [7, 11) is 0. The number of aromatic amines is 1. The molecule has 2 heteroatoms. The molecule has 96 valence electrons. The fourth-order valence-corrected chi connectivity index (χ4v) is 3.05. The van der Waals surface area contributed by atoms with Gasteiger partial charge in [0.1, 0.15) is 5.82 Å². The van der Waals surface area contributed by atoms with Gasteiger partial charge in [0.2, 0.25) is 0 Å². The van der Waals surface area contributed by atoms with E-state index in [0.29, 0.717) is 0 Å². The molecule has 0 radical (unpaired) electrons. The van der Waals surface area contributed by atoms with E-state index in [1.807, 2.05) is 12.4 Å². The molecule has 1 saturated carbocycles. The maximum absolute atomic E-state index is 4.51. The molecular formula is C15H26N2. The summed E-state index contributed by atoms with van der Waals surface area (Å²) < 4.78 is 0. The predicted octanol–water partition coefficient (Wildman–Crippen LogP) is 4.58. The van der Waals surface area contributed by atoms with Gasteiger partial charge in [-0.15, -0.1) is 0 Å². The third-order valence-electron chi connectivity index (χ3n) is 4.28. The van der Waals surface area contributed by atoms with Crippen molar-refractivity contribution in [2.24, 2.45) is 0 Å². The van der Waals surface area contributed by atoms with Gasteiger partial charge < -0.3 is 4.98 Å². The lowest BCUT2D eigenvalue weighted by Gasteiger charge is -2.27. The normalized spacial score (nSPS) is 22.9. The molecular weight excluding hydrogens is 208 g/mol. The average Bonchev–Trinajstić information content (AvgIpc) is 2.84. The minimum Gasteiger partial charge on any atom is -0.348 e. The van der Waals surface area contributed by atoms with Crippen LogP contribution in [0, 0.1) is 0 Å². The fraction of sp³-hybridized carbons (Fsp3) is 0.800. The van der Waals surface area contributed by atoms with E-state index in [1.54, 1.807) is 0 Å². The third-order valence-corrected chi connectivity index (χ3v) is 4.28. The van der Waals surface area contributed by atoms with E-state index in [1.165, 1.54) is 70.0 Å². The van der Waals surface area contributed by atoms with E-state index in [9.17, 15) is 0 Å². The van der Waals surface area contributed by atoms with Crippen molar-refractivity contribution in [1.29, 1.82) is 0 Å². The third kappa shape index (κ3) is 3.58. The number of imidazole rings is 1. The van der Waals surface area contributed by atoms with Crippen LogP contribution >= 0.6 is 0 Å². The van der Waals surface area contributed by atoms with E-state index in [2.05, 4.69) is 16.9 Å². The van der Waals surface area contributed by atoms with Gasteiger partial charge in [-0.1, -0.05) is 58.3 Å². The standard InChI is InChI=1S/C15H26N2/c1-15(14-16-12-13-17-14)10-8-6-4-2-3-5-7-9-11-15/h12-13H,2-11H2,1H3,(H,16,17). The van der Waals surface area contributed by atoms with Gasteiger partial charge >= 0.3 is 0 Å². The van der Waals surface area contributed by atoms with Crippen molar-refractivity contribution in [2.75, 3.05) is 0 Å². The summed E-state index contributed by atoms with van der Waals surface area (Å²) in [6, 6.07) is 0. The molecule has 2 nitrogen and oxygen atoms in total. The highest BCUT2D eigenvalue weighted by Gasteiger charge is 2.28. The summed E-state index contributed by atoms with van der Waals surface area (Å²) in [6.07, 6.45) is 17.7. The van der Waals surface area contributed by atoms with Crippen LogP contribution in [0.3, 0.4) is 0 Å². The van der Waals surface area contributed by atoms with Gasteiger partial charge in [-0.05, 0) is 12.8 Å². The lowest BCUT2D eigenvalue weighted by Crippen LogP contribution is -2.23. The van der Waals surface area contributed by atoms with Crippen LogP contribution in [0.15, 0.2) is 12.4 Å². The summed E-state index contributed by atoms with van der Waals surface area (Å²) in [6.45, 7) is 2.39. The number of nitrogens with zero attached hydrogens (tertiary/aromatic N) is 1. The quantitative estimate of drug-likeness (QED) is 0.757. The lowest BCUT2D eigenvalue weighted by atomic mass is 9.79. The summed E-state index contributed by atoms with van der Waals surface area (Å²) in [4.78, 5) is 7.84. The van der Waals surface area contributed by atoms with Gasteiger partial charge in [-0.3, -0.25) is 0 Å². The van der Waals surface area contributed by atoms with E-state index >= 15 is 0 Å². The van der Waals surface area contributed by atoms with Crippen molar-refractivity contribution in [3.8, 4) is 0 Å². The highest BCUT2D eigenvalue weighted by molar-refractivity contribution is 5.06. The van der Waals surface area contributed by atoms with Crippen LogP contribution in [0.2, 0.25) is 0 Å². The SMILES string of the molecule is CC1(c2ncc[nH]2)CCCCCCCCCC1. The largest absolute Gasteiger partial charge is 0.348 e. The van der Waals surface area contributed by atoms with Gasteiger partial charge in [-0.25, -0.2) is 4.98 Å². The van der Waals surface area contributed by atoms with Crippen molar-refractivity contribution in [3.05, 3.63) is 18.2 Å². The molecule has 0 aliphatic heterocycles. The zero-order valence-corrected chi connectivity index (χ0v) is 11.2. The van der Waals surface area contributed by atoms with Crippen molar-refractivity contribution < 1.29 is 0 Å². The fourth-order valence-electron chi connectivity index (χ4n) is 3.05. The average molecular weight is 234 g/mol. The molecule has 1 heterocycles. The molecule has 0 amide bonds. The molecule has 1 N–H and O–H groups in total. The molecule has 1 fully saturated rings. The zero-order chi connectivity index (χ0) is 12.0. The summed E-state index contributed by atoms with van der Waals surface area (Å²) in [5.41, 5.74) is 0.286. The van der Waals surface area contributed by atoms with Crippen LogP contribution in [0.4, 0.5) is 0 Å². The summed E-state index contributed by atoms with van der Waals surface area (Å²) >= 11 is 0. The van der Waals surface area contributed by atoms with Crippen molar-refractivity contribution in [1.82, 2.24) is 9.97 Å². The molecule has 0 bridgehead atoms. The highest BCUT2D eigenvalue weighted by Crippen LogP contribution is 2.33. The number of rotatable bonds is 1. The Hall–Kier alpha value is -0.790. The van der Waals surface area contributed by atoms with Crippen LogP contribution in [0.5, 0.6) is 0 Å². The molecule has 0 atom stereocenters. The molecule has 0 spiro atoms. The van der Waals surface area contributed by atoms with Crippen molar-refractivity contribution in [2.45, 2.75) is 76.5 Å². The summed E-state index contributed by atoms with van der Waals surface area (Å²) in [5, 5.41) is 0. The van der Waals surface area contributed by atoms with E-state index in [4.69, 9.17) is 0 Å². The molecule has 1 aliphatic carbocycles. The maximum Gasteiger partial charge on any atom is 0.111 e. The first kappa shape index (κ1) is 12.7. The van der Waals surface area contributed by atoms with Crippen molar-refractivity contribution in [3.63, 3.8) is 0 Å². The topological polar surface area (TPSA) is 28.7 Å². The predicted molar refractivity (Wildman–Crippen MR) is 72.1 cm³/mol. The molecule has 0 aromatic carbocycles. The maximum atomic E-state index is 4.51. The second-order valence-corrected chi connectivity index (χ2v) is 5.83. The monoisotopic (exact) mass is 234 g/mol. The van der Waals surface area contributed by atoms with Crippen LogP contribution in [-0.4, -0.2) is 9.97 Å². The first-order valence-corrected chi connectivity index (χ1v) is 7.31. The molecule has 0 saturated heterocycles. The molecule has 1 aliphatic rings. The smallest absolute Gasteiger partial charge is 0.111 e. The van der Waals surface area contributed by atoms with Gasteiger partial charge in [0.25, 0.3) is 0 Å². The second kappa shape index (κ2) is 6.23. The van der Waals surface area contributed by atoms with Crippen LogP contribution < -0.4 is 0 Å². The van der Waals surface area contributed by atoms with Gasteiger partial charge in [0, 0.05) is 17.8 Å². The van der Waals surface area contributed by atoms with Crippen LogP contribution in [-0.2, 0) is 5.41 Å². The summed E-state index contributed by atoms with van der Waals surface area (Å²) in [5.74, 6) is 1.21. The Kier molecular flexibility index (Phi) is 4.64.